The van der Waals surface area contributed by atoms with Crippen molar-refractivity contribution in [1.29, 1.82) is 5.26 Å². The van der Waals surface area contributed by atoms with E-state index < -0.39 is 0 Å². The van der Waals surface area contributed by atoms with Crippen molar-refractivity contribution in [2.75, 3.05) is 0 Å². The third-order valence-corrected chi connectivity index (χ3v) is 3.28. The number of fused-ring (bicyclic) bond motifs is 1. The van der Waals surface area contributed by atoms with E-state index >= 15 is 0 Å². The zero-order valence-corrected chi connectivity index (χ0v) is 11.6. The third kappa shape index (κ3) is 2.89. The van der Waals surface area contributed by atoms with Gasteiger partial charge in [0.05, 0.1) is 0 Å². The minimum absolute atomic E-state index is 0.0576. The molecule has 4 heteroatoms. The molecule has 0 aliphatic heterocycles. The van der Waals surface area contributed by atoms with Crippen LogP contribution in [-0.4, -0.2) is 16.9 Å². The molecule has 4 nitrogen and oxygen atoms in total. The van der Waals surface area contributed by atoms with E-state index in [0.29, 0.717) is 0 Å². The molecule has 0 radical (unpaired) electrons. The van der Waals surface area contributed by atoms with E-state index in [1.807, 2.05) is 44.2 Å². The first-order chi connectivity index (χ1) is 9.65. The summed E-state index contributed by atoms with van der Waals surface area (Å²) in [5.74, 6) is -0.327. The summed E-state index contributed by atoms with van der Waals surface area (Å²) in [6.07, 6.45) is 4.26. The maximum Gasteiger partial charge on any atom is 0.262 e. The molecule has 0 aliphatic carbocycles. The fourth-order valence-corrected chi connectivity index (χ4v) is 1.92. The number of benzene rings is 1. The Balaban J connectivity index is 2.32. The Hall–Kier alpha value is -2.54. The average Bonchev–Trinajstić information content (AvgIpc) is 2.87. The number of hydrogen-bond acceptors (Lipinski definition) is 2. The maximum atomic E-state index is 12.0. The van der Waals surface area contributed by atoms with Gasteiger partial charge in [0, 0.05) is 28.7 Å². The first kappa shape index (κ1) is 13.9. The molecule has 0 unspecified atom stereocenters. The molecule has 0 saturated carbocycles. The van der Waals surface area contributed by atoms with Crippen molar-refractivity contribution in [3.05, 3.63) is 41.6 Å². The summed E-state index contributed by atoms with van der Waals surface area (Å²) in [6, 6.07) is 9.81. The van der Waals surface area contributed by atoms with Gasteiger partial charge in [-0.1, -0.05) is 25.1 Å². The van der Waals surface area contributed by atoms with Crippen LogP contribution in [0.4, 0.5) is 0 Å². The van der Waals surface area contributed by atoms with Crippen molar-refractivity contribution >= 4 is 22.9 Å². The quantitative estimate of drug-likeness (QED) is 0.660. The Morgan fingerprint density at radius 3 is 2.95 bits per heavy atom. The Morgan fingerprint density at radius 1 is 1.50 bits per heavy atom. The molecular weight excluding hydrogens is 250 g/mol. The minimum atomic E-state index is -0.327. The molecule has 1 aromatic heterocycles. The summed E-state index contributed by atoms with van der Waals surface area (Å²) in [6.45, 7) is 3.90. The highest BCUT2D eigenvalue weighted by molar-refractivity contribution is 6.04. The van der Waals surface area contributed by atoms with Gasteiger partial charge in [-0.15, -0.1) is 0 Å². The molecule has 0 bridgehead atoms. The molecule has 2 N–H and O–H groups in total. The molecule has 0 aliphatic rings. The predicted octanol–water partition coefficient (Wildman–Crippen LogP) is 2.99. The van der Waals surface area contributed by atoms with Crippen LogP contribution in [0.3, 0.4) is 0 Å². The highest BCUT2D eigenvalue weighted by atomic mass is 16.1. The lowest BCUT2D eigenvalue weighted by molar-refractivity contribution is -0.117. The van der Waals surface area contributed by atoms with E-state index in [1.165, 1.54) is 0 Å². The Morgan fingerprint density at radius 2 is 2.25 bits per heavy atom. The molecule has 1 heterocycles. The van der Waals surface area contributed by atoms with Gasteiger partial charge in [0.2, 0.25) is 0 Å². The van der Waals surface area contributed by atoms with E-state index in [-0.39, 0.29) is 17.5 Å². The van der Waals surface area contributed by atoms with Gasteiger partial charge in [0.15, 0.2) is 0 Å². The van der Waals surface area contributed by atoms with E-state index in [2.05, 4.69) is 10.3 Å². The first-order valence-corrected chi connectivity index (χ1v) is 6.64. The summed E-state index contributed by atoms with van der Waals surface area (Å²) in [5.41, 5.74) is 1.95. The second-order valence-corrected chi connectivity index (χ2v) is 4.74. The third-order valence-electron chi connectivity index (χ3n) is 3.28. The summed E-state index contributed by atoms with van der Waals surface area (Å²) < 4.78 is 0. The lowest BCUT2D eigenvalue weighted by Gasteiger charge is -2.10. The Labute approximate surface area is 118 Å². The fraction of sp³-hybridized carbons (Fsp3) is 0.250. The van der Waals surface area contributed by atoms with E-state index in [4.69, 9.17) is 5.26 Å². The van der Waals surface area contributed by atoms with Gasteiger partial charge >= 0.3 is 0 Å². The van der Waals surface area contributed by atoms with E-state index in [0.717, 1.165) is 22.9 Å². The molecule has 102 valence electrons. The highest BCUT2D eigenvalue weighted by Crippen LogP contribution is 2.20. The van der Waals surface area contributed by atoms with Gasteiger partial charge in [-0.05, 0) is 25.5 Å². The fourth-order valence-electron chi connectivity index (χ4n) is 1.92. The van der Waals surface area contributed by atoms with Gasteiger partial charge in [0.25, 0.3) is 5.91 Å². The normalized spacial score (nSPS) is 12.9. The zero-order chi connectivity index (χ0) is 14.5. The average molecular weight is 267 g/mol. The van der Waals surface area contributed by atoms with Crippen LogP contribution in [-0.2, 0) is 4.79 Å². The Kier molecular flexibility index (Phi) is 4.21. The second kappa shape index (κ2) is 6.07. The number of rotatable bonds is 4. The van der Waals surface area contributed by atoms with Gasteiger partial charge in [-0.2, -0.15) is 5.26 Å². The summed E-state index contributed by atoms with van der Waals surface area (Å²) in [7, 11) is 0. The first-order valence-electron chi connectivity index (χ1n) is 6.64. The number of amides is 1. The predicted molar refractivity (Wildman–Crippen MR) is 79.8 cm³/mol. The summed E-state index contributed by atoms with van der Waals surface area (Å²) in [4.78, 5) is 15.1. The van der Waals surface area contributed by atoms with E-state index in [1.54, 1.807) is 12.3 Å². The standard InChI is InChI=1S/C16H17N3O/c1-3-11(2)19-16(20)12(9-17)8-13-10-18-15-7-5-4-6-14(13)15/h4-8,10-11,18H,3H2,1-2H3,(H,19,20)/b12-8+/t11-/m0/s1. The van der Waals surface area contributed by atoms with Crippen LogP contribution in [0.1, 0.15) is 25.8 Å². The van der Waals surface area contributed by atoms with Crippen LogP contribution in [0.25, 0.3) is 17.0 Å². The minimum Gasteiger partial charge on any atom is -0.361 e. The van der Waals surface area contributed by atoms with Crippen LogP contribution >= 0.6 is 0 Å². The lowest BCUT2D eigenvalue weighted by atomic mass is 10.1. The zero-order valence-electron chi connectivity index (χ0n) is 11.6. The number of aromatic nitrogens is 1. The molecule has 0 spiro atoms. The molecule has 1 aromatic carbocycles. The summed E-state index contributed by atoms with van der Waals surface area (Å²) in [5, 5.41) is 13.0. The molecular formula is C16H17N3O. The number of H-pyrrole nitrogens is 1. The molecule has 0 fully saturated rings. The van der Waals surface area contributed by atoms with Gasteiger partial charge in [-0.25, -0.2) is 0 Å². The second-order valence-electron chi connectivity index (χ2n) is 4.74. The van der Waals surface area contributed by atoms with Gasteiger partial charge < -0.3 is 10.3 Å². The number of carbonyl (C=O) groups is 1. The number of nitrogens with one attached hydrogen (secondary N) is 2. The molecule has 0 saturated heterocycles. The Bertz CT molecular complexity index is 691. The van der Waals surface area contributed by atoms with Gasteiger partial charge in [-0.3, -0.25) is 4.79 Å². The van der Waals surface area contributed by atoms with Crippen molar-refractivity contribution in [2.45, 2.75) is 26.3 Å². The number of hydrogen-bond donors (Lipinski definition) is 2. The number of nitrogens with zero attached hydrogens (tertiary/aromatic N) is 1. The smallest absolute Gasteiger partial charge is 0.262 e. The molecule has 2 aromatic rings. The SMILES string of the molecule is CC[C@H](C)NC(=O)/C(C#N)=C/c1c[nH]c2ccccc12. The number of carbonyl (C=O) groups excluding carboxylic acids is 1. The lowest BCUT2D eigenvalue weighted by Crippen LogP contribution is -2.32. The maximum absolute atomic E-state index is 12.0. The van der Waals surface area contributed by atoms with Crippen molar-refractivity contribution in [3.8, 4) is 6.07 Å². The number of aromatic amines is 1. The topological polar surface area (TPSA) is 68.7 Å². The molecule has 1 amide bonds. The van der Waals surface area contributed by atoms with Crippen LogP contribution in [0.5, 0.6) is 0 Å². The van der Waals surface area contributed by atoms with Crippen LogP contribution in [0, 0.1) is 11.3 Å². The molecule has 1 atom stereocenters. The largest absolute Gasteiger partial charge is 0.361 e. The van der Waals surface area contributed by atoms with Crippen molar-refractivity contribution in [1.82, 2.24) is 10.3 Å². The van der Waals surface area contributed by atoms with Crippen LogP contribution < -0.4 is 5.32 Å². The van der Waals surface area contributed by atoms with Crippen LogP contribution in [0.15, 0.2) is 36.0 Å². The van der Waals surface area contributed by atoms with Crippen molar-refractivity contribution in [2.24, 2.45) is 0 Å². The van der Waals surface area contributed by atoms with Crippen LogP contribution in [0.2, 0.25) is 0 Å². The number of para-hydroxylation sites is 1. The molecule has 20 heavy (non-hydrogen) atoms. The summed E-state index contributed by atoms with van der Waals surface area (Å²) >= 11 is 0. The van der Waals surface area contributed by atoms with Crippen molar-refractivity contribution in [3.63, 3.8) is 0 Å². The molecule has 2 rings (SSSR count). The van der Waals surface area contributed by atoms with Crippen molar-refractivity contribution < 1.29 is 4.79 Å². The monoisotopic (exact) mass is 267 g/mol. The number of nitriles is 1. The van der Waals surface area contributed by atoms with E-state index in [9.17, 15) is 4.79 Å². The van der Waals surface area contributed by atoms with Gasteiger partial charge in [0.1, 0.15) is 11.6 Å². The highest BCUT2D eigenvalue weighted by Gasteiger charge is 2.12.